The molecule has 2 aromatic rings. The molecule has 3 aliphatic carbocycles. The summed E-state index contributed by atoms with van der Waals surface area (Å²) in [6.07, 6.45) is 3.45. The lowest BCUT2D eigenvalue weighted by molar-refractivity contribution is -0.129. The molecule has 0 radical (unpaired) electrons. The maximum atomic E-state index is 13.5. The van der Waals surface area contributed by atoms with E-state index < -0.39 is 11.9 Å². The van der Waals surface area contributed by atoms with E-state index in [4.69, 9.17) is 21.1 Å². The monoisotopic (exact) mass is 446 g/mol. The molecule has 2 aromatic carbocycles. The topological polar surface area (TPSA) is 76.7 Å². The van der Waals surface area contributed by atoms with Gasteiger partial charge in [0.1, 0.15) is 18.2 Å². The number of hydrogen-bond acceptors (Lipinski definition) is 4. The Labute approximate surface area is 185 Å². The molecular formula is C23H24ClFN2O4. The average molecular weight is 447 g/mol. The fraction of sp³-hybridized carbons (Fsp3) is 0.391. The van der Waals surface area contributed by atoms with Crippen molar-refractivity contribution in [1.29, 1.82) is 0 Å². The highest BCUT2D eigenvalue weighted by atomic mass is 35.5. The molecular weight excluding hydrogens is 423 g/mol. The largest absolute Gasteiger partial charge is 0.484 e. The highest BCUT2D eigenvalue weighted by Crippen LogP contribution is 2.52. The zero-order chi connectivity index (χ0) is 21.9. The lowest BCUT2D eigenvalue weighted by atomic mass is 9.54. The summed E-state index contributed by atoms with van der Waals surface area (Å²) in [6, 6.07) is 13.5. The average Bonchev–Trinajstić information content (AvgIpc) is 2.73. The van der Waals surface area contributed by atoms with E-state index in [1.165, 1.54) is 12.1 Å². The van der Waals surface area contributed by atoms with Crippen molar-refractivity contribution < 1.29 is 23.5 Å². The first-order valence-electron chi connectivity index (χ1n) is 10.2. The first kappa shape index (κ1) is 21.4. The highest BCUT2D eigenvalue weighted by molar-refractivity contribution is 6.30. The Morgan fingerprint density at radius 1 is 1.03 bits per heavy atom. The van der Waals surface area contributed by atoms with E-state index in [0.717, 1.165) is 30.9 Å². The van der Waals surface area contributed by atoms with Crippen molar-refractivity contribution in [1.82, 2.24) is 10.6 Å². The van der Waals surface area contributed by atoms with Crippen molar-refractivity contribution in [3.05, 3.63) is 64.9 Å². The van der Waals surface area contributed by atoms with E-state index in [9.17, 15) is 14.0 Å². The van der Waals surface area contributed by atoms with Gasteiger partial charge in [0, 0.05) is 17.1 Å². The zero-order valence-corrected chi connectivity index (χ0v) is 17.7. The quantitative estimate of drug-likeness (QED) is 0.662. The van der Waals surface area contributed by atoms with E-state index in [2.05, 4.69) is 10.6 Å². The summed E-state index contributed by atoms with van der Waals surface area (Å²) in [5, 5.41) is 6.04. The van der Waals surface area contributed by atoms with Crippen molar-refractivity contribution in [2.24, 2.45) is 0 Å². The molecule has 6 nitrogen and oxygen atoms in total. The Kier molecular flexibility index (Phi) is 6.05. The molecule has 0 aliphatic heterocycles. The van der Waals surface area contributed by atoms with Gasteiger partial charge in [-0.3, -0.25) is 4.79 Å². The molecule has 2 amide bonds. The number of halogens is 2. The molecule has 3 fully saturated rings. The second-order valence-electron chi connectivity index (χ2n) is 8.37. The normalized spacial score (nSPS) is 23.9. The summed E-state index contributed by atoms with van der Waals surface area (Å²) in [7, 11) is 0. The smallest absolute Gasteiger partial charge is 0.407 e. The number of benzene rings is 2. The van der Waals surface area contributed by atoms with Crippen molar-refractivity contribution in [2.45, 2.75) is 49.8 Å². The van der Waals surface area contributed by atoms with E-state index >= 15 is 0 Å². The molecule has 0 unspecified atom stereocenters. The van der Waals surface area contributed by atoms with Crippen LogP contribution in [0.2, 0.25) is 5.02 Å². The summed E-state index contributed by atoms with van der Waals surface area (Å²) < 4.78 is 24.2. The molecule has 3 saturated carbocycles. The fourth-order valence-electron chi connectivity index (χ4n) is 4.69. The van der Waals surface area contributed by atoms with Crippen LogP contribution in [-0.2, 0) is 16.1 Å². The second kappa shape index (κ2) is 8.75. The van der Waals surface area contributed by atoms with E-state index in [0.29, 0.717) is 12.8 Å². The Bertz CT molecular complexity index is 963. The number of carbonyl (C=O) groups excluding carboxylic acids is 2. The Morgan fingerprint density at radius 3 is 2.45 bits per heavy atom. The number of nitrogens with one attached hydrogen (secondary N) is 2. The summed E-state index contributed by atoms with van der Waals surface area (Å²) >= 11 is 5.65. The van der Waals surface area contributed by atoms with Crippen LogP contribution in [0.5, 0.6) is 5.75 Å². The van der Waals surface area contributed by atoms with Crippen LogP contribution in [0.1, 0.15) is 37.7 Å². The van der Waals surface area contributed by atoms with Crippen LogP contribution in [0.15, 0.2) is 48.5 Å². The van der Waals surface area contributed by atoms with Crippen LogP contribution >= 0.6 is 11.6 Å². The van der Waals surface area contributed by atoms with Gasteiger partial charge in [-0.1, -0.05) is 41.9 Å². The predicted octanol–water partition coefficient (Wildman–Crippen LogP) is 4.36. The van der Waals surface area contributed by atoms with Gasteiger partial charge in [-0.25, -0.2) is 9.18 Å². The summed E-state index contributed by atoms with van der Waals surface area (Å²) in [4.78, 5) is 24.7. The molecule has 2 N–H and O–H groups in total. The fourth-order valence-corrected chi connectivity index (χ4v) is 4.80. The van der Waals surface area contributed by atoms with Crippen LogP contribution < -0.4 is 15.4 Å². The maximum absolute atomic E-state index is 13.5. The van der Waals surface area contributed by atoms with Gasteiger partial charge in [-0.15, -0.1) is 0 Å². The van der Waals surface area contributed by atoms with Crippen molar-refractivity contribution >= 4 is 23.6 Å². The summed E-state index contributed by atoms with van der Waals surface area (Å²) in [5.74, 6) is -0.638. The molecule has 0 atom stereocenters. The molecule has 0 aromatic heterocycles. The SMILES string of the molecule is O=C(COc1ccc(Cl)c(F)c1)NC12CCCC(NC(=O)OCc3ccccc3)(C1)C2. The molecule has 2 bridgehead atoms. The van der Waals surface area contributed by atoms with Crippen molar-refractivity contribution in [3.8, 4) is 5.75 Å². The first-order chi connectivity index (χ1) is 14.9. The number of alkyl carbamates (subject to hydrolysis) is 1. The van der Waals surface area contributed by atoms with Crippen LogP contribution in [-0.4, -0.2) is 29.7 Å². The summed E-state index contributed by atoms with van der Waals surface area (Å²) in [5.41, 5.74) is 0.227. The molecule has 8 heteroatoms. The lowest BCUT2D eigenvalue weighted by Gasteiger charge is -2.60. The van der Waals surface area contributed by atoms with E-state index in [1.807, 2.05) is 30.3 Å². The van der Waals surface area contributed by atoms with Crippen molar-refractivity contribution in [3.63, 3.8) is 0 Å². The number of fused-ring (bicyclic) bond motifs is 2. The third kappa shape index (κ3) is 5.10. The molecule has 31 heavy (non-hydrogen) atoms. The van der Waals surface area contributed by atoms with E-state index in [-0.39, 0.29) is 41.0 Å². The first-order valence-corrected chi connectivity index (χ1v) is 10.6. The zero-order valence-electron chi connectivity index (χ0n) is 17.0. The third-order valence-corrected chi connectivity index (χ3v) is 6.22. The molecule has 0 heterocycles. The second-order valence-corrected chi connectivity index (χ2v) is 8.77. The molecule has 5 rings (SSSR count). The molecule has 0 saturated heterocycles. The van der Waals surface area contributed by atoms with Crippen LogP contribution in [0.25, 0.3) is 0 Å². The minimum Gasteiger partial charge on any atom is -0.484 e. The molecule has 0 spiro atoms. The van der Waals surface area contributed by atoms with Gasteiger partial charge in [0.25, 0.3) is 5.91 Å². The van der Waals surface area contributed by atoms with Gasteiger partial charge in [-0.2, -0.15) is 0 Å². The number of hydrogen-bond donors (Lipinski definition) is 2. The Balaban J connectivity index is 1.24. The van der Waals surface area contributed by atoms with Crippen molar-refractivity contribution in [2.75, 3.05) is 6.61 Å². The molecule has 164 valence electrons. The van der Waals surface area contributed by atoms with Crippen LogP contribution in [0.4, 0.5) is 9.18 Å². The standard InChI is InChI=1S/C23H24ClFN2O4/c24-18-8-7-17(11-19(18)25)30-13-20(28)26-22-9-4-10-23(14-22,15-22)27-21(29)31-12-16-5-2-1-3-6-16/h1-3,5-8,11H,4,9-10,12-15H2,(H,26,28)(H,27,29). The van der Waals surface area contributed by atoms with Gasteiger partial charge >= 0.3 is 6.09 Å². The highest BCUT2D eigenvalue weighted by Gasteiger charge is 2.58. The minimum atomic E-state index is -0.598. The number of ether oxygens (including phenoxy) is 2. The Morgan fingerprint density at radius 2 is 1.74 bits per heavy atom. The third-order valence-electron chi connectivity index (χ3n) is 5.91. The van der Waals surface area contributed by atoms with Crippen LogP contribution in [0, 0.1) is 5.82 Å². The molecule has 3 aliphatic rings. The predicted molar refractivity (Wildman–Crippen MR) is 113 cm³/mol. The summed E-state index contributed by atoms with van der Waals surface area (Å²) in [6.45, 7) is -0.00433. The number of rotatable bonds is 7. The Hall–Kier alpha value is -2.80. The number of amides is 2. The minimum absolute atomic E-state index is 0.00139. The number of carbonyl (C=O) groups is 2. The van der Waals surface area contributed by atoms with Crippen LogP contribution in [0.3, 0.4) is 0 Å². The maximum Gasteiger partial charge on any atom is 0.407 e. The van der Waals surface area contributed by atoms with Gasteiger partial charge in [0.15, 0.2) is 6.61 Å². The van der Waals surface area contributed by atoms with Gasteiger partial charge < -0.3 is 20.1 Å². The van der Waals surface area contributed by atoms with Gasteiger partial charge in [-0.05, 0) is 49.8 Å². The van der Waals surface area contributed by atoms with Gasteiger partial charge in [0.05, 0.1) is 5.02 Å². The lowest BCUT2D eigenvalue weighted by Crippen LogP contribution is -2.73. The van der Waals surface area contributed by atoms with E-state index in [1.54, 1.807) is 0 Å². The van der Waals surface area contributed by atoms with Gasteiger partial charge in [0.2, 0.25) is 0 Å².